The van der Waals surface area contributed by atoms with Gasteiger partial charge in [0.25, 0.3) is 0 Å². The van der Waals surface area contributed by atoms with E-state index in [9.17, 15) is 8.42 Å². The highest BCUT2D eigenvalue weighted by atomic mass is 32.2. The molecule has 0 aliphatic heterocycles. The fraction of sp³-hybridized carbons (Fsp3) is 0.333. The SMILES string of the molecule is C#C[C@H](CO)NS(=O)(=O)c1ccc(OC)cc1C. The Balaban J connectivity index is 3.10. The van der Waals surface area contributed by atoms with Gasteiger partial charge in [0.05, 0.1) is 18.6 Å². The van der Waals surface area contributed by atoms with Crippen LogP contribution in [0.1, 0.15) is 5.56 Å². The summed E-state index contributed by atoms with van der Waals surface area (Å²) in [6, 6.07) is 3.65. The van der Waals surface area contributed by atoms with Gasteiger partial charge >= 0.3 is 0 Å². The number of methoxy groups -OCH3 is 1. The molecule has 0 saturated heterocycles. The second-order valence-electron chi connectivity index (χ2n) is 3.65. The van der Waals surface area contributed by atoms with Gasteiger partial charge in [0, 0.05) is 0 Å². The van der Waals surface area contributed by atoms with E-state index in [0.717, 1.165) is 0 Å². The maximum Gasteiger partial charge on any atom is 0.242 e. The molecule has 0 bridgehead atoms. The molecular formula is C12H15NO4S. The van der Waals surface area contributed by atoms with Gasteiger partial charge in [-0.05, 0) is 30.7 Å². The number of benzene rings is 1. The molecule has 0 radical (unpaired) electrons. The summed E-state index contributed by atoms with van der Waals surface area (Å²) in [5.41, 5.74) is 0.538. The molecule has 0 fully saturated rings. The lowest BCUT2D eigenvalue weighted by Crippen LogP contribution is -2.36. The molecule has 0 aliphatic rings. The summed E-state index contributed by atoms with van der Waals surface area (Å²) >= 11 is 0. The molecule has 6 heteroatoms. The first-order valence-corrected chi connectivity index (χ1v) is 6.67. The number of terminal acetylenes is 1. The Morgan fingerprint density at radius 1 is 1.56 bits per heavy atom. The predicted molar refractivity (Wildman–Crippen MR) is 67.8 cm³/mol. The molecular weight excluding hydrogens is 254 g/mol. The molecule has 5 nitrogen and oxygen atoms in total. The van der Waals surface area contributed by atoms with Crippen LogP contribution in [0.15, 0.2) is 23.1 Å². The van der Waals surface area contributed by atoms with Gasteiger partial charge in [0.15, 0.2) is 0 Å². The normalized spacial score (nSPS) is 12.8. The van der Waals surface area contributed by atoms with Gasteiger partial charge in [-0.2, -0.15) is 4.72 Å². The number of aliphatic hydroxyl groups is 1. The van der Waals surface area contributed by atoms with Crippen LogP contribution in [0.5, 0.6) is 5.75 Å². The molecule has 98 valence electrons. The fourth-order valence-corrected chi connectivity index (χ4v) is 2.80. The molecule has 0 aliphatic carbocycles. The van der Waals surface area contributed by atoms with Gasteiger partial charge in [0.2, 0.25) is 10.0 Å². The number of aliphatic hydroxyl groups excluding tert-OH is 1. The van der Waals surface area contributed by atoms with Crippen molar-refractivity contribution in [3.63, 3.8) is 0 Å². The van der Waals surface area contributed by atoms with E-state index in [0.29, 0.717) is 11.3 Å². The van der Waals surface area contributed by atoms with E-state index in [1.165, 1.54) is 13.2 Å². The summed E-state index contributed by atoms with van der Waals surface area (Å²) in [7, 11) is -2.25. The molecule has 1 aromatic rings. The van der Waals surface area contributed by atoms with Crippen LogP contribution < -0.4 is 9.46 Å². The van der Waals surface area contributed by atoms with Crippen molar-refractivity contribution in [1.82, 2.24) is 4.72 Å². The Morgan fingerprint density at radius 3 is 2.67 bits per heavy atom. The van der Waals surface area contributed by atoms with Crippen LogP contribution in [0.25, 0.3) is 0 Å². The van der Waals surface area contributed by atoms with E-state index < -0.39 is 22.7 Å². The highest BCUT2D eigenvalue weighted by molar-refractivity contribution is 7.89. The molecule has 2 N–H and O–H groups in total. The molecule has 1 atom stereocenters. The lowest BCUT2D eigenvalue weighted by Gasteiger charge is -2.13. The molecule has 0 saturated carbocycles. The molecule has 0 spiro atoms. The van der Waals surface area contributed by atoms with Crippen molar-refractivity contribution >= 4 is 10.0 Å². The maximum absolute atomic E-state index is 12.0. The molecule has 0 aromatic heterocycles. The van der Waals surface area contributed by atoms with Crippen LogP contribution in [0.2, 0.25) is 0 Å². The van der Waals surface area contributed by atoms with Crippen molar-refractivity contribution < 1.29 is 18.3 Å². The maximum atomic E-state index is 12.0. The van der Waals surface area contributed by atoms with E-state index in [2.05, 4.69) is 10.6 Å². The summed E-state index contributed by atoms with van der Waals surface area (Å²) in [5.74, 6) is 2.73. The second kappa shape index (κ2) is 5.87. The van der Waals surface area contributed by atoms with Gasteiger partial charge in [-0.1, -0.05) is 5.92 Å². The zero-order chi connectivity index (χ0) is 13.8. The van der Waals surface area contributed by atoms with Gasteiger partial charge in [-0.25, -0.2) is 8.42 Å². The first-order valence-electron chi connectivity index (χ1n) is 5.18. The quantitative estimate of drug-likeness (QED) is 0.753. The number of hydrogen-bond acceptors (Lipinski definition) is 4. The zero-order valence-corrected chi connectivity index (χ0v) is 11.0. The van der Waals surface area contributed by atoms with Crippen LogP contribution in [0.3, 0.4) is 0 Å². The average Bonchev–Trinajstić information content (AvgIpc) is 2.35. The summed E-state index contributed by atoms with van der Waals surface area (Å²) in [5, 5.41) is 8.90. The topological polar surface area (TPSA) is 75.6 Å². The van der Waals surface area contributed by atoms with Crippen LogP contribution >= 0.6 is 0 Å². The third kappa shape index (κ3) is 3.23. The third-order valence-electron chi connectivity index (χ3n) is 2.35. The highest BCUT2D eigenvalue weighted by Crippen LogP contribution is 2.20. The number of ether oxygens (including phenoxy) is 1. The minimum atomic E-state index is -3.75. The van der Waals surface area contributed by atoms with Gasteiger partial charge in [-0.15, -0.1) is 6.42 Å². The highest BCUT2D eigenvalue weighted by Gasteiger charge is 2.20. The summed E-state index contributed by atoms with van der Waals surface area (Å²) < 4.78 is 31.3. The smallest absolute Gasteiger partial charge is 0.242 e. The van der Waals surface area contributed by atoms with Gasteiger partial charge in [0.1, 0.15) is 11.8 Å². The van der Waals surface area contributed by atoms with Crippen molar-refractivity contribution in [2.75, 3.05) is 13.7 Å². The van der Waals surface area contributed by atoms with E-state index >= 15 is 0 Å². The predicted octanol–water partition coefficient (Wildman–Crippen LogP) is 0.276. The van der Waals surface area contributed by atoms with Crippen LogP contribution in [0, 0.1) is 19.3 Å². The van der Waals surface area contributed by atoms with Crippen molar-refractivity contribution in [3.8, 4) is 18.1 Å². The second-order valence-corrected chi connectivity index (χ2v) is 5.34. The molecule has 1 rings (SSSR count). The Kier molecular flexibility index (Phi) is 4.73. The van der Waals surface area contributed by atoms with E-state index in [1.807, 2.05) is 0 Å². The Bertz CT molecular complexity index is 560. The number of rotatable bonds is 5. The average molecular weight is 269 g/mol. The molecule has 1 aromatic carbocycles. The largest absolute Gasteiger partial charge is 0.497 e. The van der Waals surface area contributed by atoms with E-state index in [4.69, 9.17) is 16.3 Å². The van der Waals surface area contributed by atoms with Gasteiger partial charge < -0.3 is 9.84 Å². The molecule has 0 unspecified atom stereocenters. The monoisotopic (exact) mass is 269 g/mol. The van der Waals surface area contributed by atoms with Crippen molar-refractivity contribution in [2.45, 2.75) is 17.9 Å². The fourth-order valence-electron chi connectivity index (χ4n) is 1.43. The van der Waals surface area contributed by atoms with Crippen LogP contribution in [0.4, 0.5) is 0 Å². The number of nitrogens with one attached hydrogen (secondary N) is 1. The van der Waals surface area contributed by atoms with E-state index in [1.54, 1.807) is 19.1 Å². The standard InChI is InChI=1S/C12H15NO4S/c1-4-10(8-14)13-18(15,16)12-6-5-11(17-3)7-9(12)2/h1,5-7,10,13-14H,8H2,2-3H3/t10-/m1/s1. The number of aryl methyl sites for hydroxylation is 1. The minimum Gasteiger partial charge on any atom is -0.497 e. The lowest BCUT2D eigenvalue weighted by molar-refractivity contribution is 0.280. The van der Waals surface area contributed by atoms with Crippen LogP contribution in [-0.2, 0) is 10.0 Å². The van der Waals surface area contributed by atoms with Crippen molar-refractivity contribution in [3.05, 3.63) is 23.8 Å². The van der Waals surface area contributed by atoms with Crippen molar-refractivity contribution in [2.24, 2.45) is 0 Å². The Morgan fingerprint density at radius 2 is 2.22 bits per heavy atom. The van der Waals surface area contributed by atoms with E-state index in [-0.39, 0.29) is 4.90 Å². The number of sulfonamides is 1. The first kappa shape index (κ1) is 14.5. The summed E-state index contributed by atoms with van der Waals surface area (Å²) in [6.45, 7) is 1.20. The Hall–Kier alpha value is -1.55. The minimum absolute atomic E-state index is 0.108. The first-order chi connectivity index (χ1) is 8.44. The molecule has 0 heterocycles. The van der Waals surface area contributed by atoms with Crippen molar-refractivity contribution in [1.29, 1.82) is 0 Å². The summed E-state index contributed by atoms with van der Waals surface area (Å²) in [6.07, 6.45) is 5.10. The summed E-state index contributed by atoms with van der Waals surface area (Å²) in [4.78, 5) is 0.108. The zero-order valence-electron chi connectivity index (χ0n) is 10.2. The van der Waals surface area contributed by atoms with Gasteiger partial charge in [-0.3, -0.25) is 0 Å². The Labute approximate surface area is 107 Å². The third-order valence-corrected chi connectivity index (χ3v) is 3.98. The molecule has 18 heavy (non-hydrogen) atoms. The molecule has 0 amide bonds. The lowest BCUT2D eigenvalue weighted by atomic mass is 10.2. The van der Waals surface area contributed by atoms with Crippen LogP contribution in [-0.4, -0.2) is 33.3 Å². The number of hydrogen-bond donors (Lipinski definition) is 2.